The van der Waals surface area contributed by atoms with E-state index >= 15 is 0 Å². The second-order valence-corrected chi connectivity index (χ2v) is 5.61. The van der Waals surface area contributed by atoms with Crippen LogP contribution in [-0.4, -0.2) is 31.1 Å². The lowest BCUT2D eigenvalue weighted by Crippen LogP contribution is -2.36. The molecule has 1 heterocycles. The average molecular weight is 260 g/mol. The van der Waals surface area contributed by atoms with E-state index in [1.807, 2.05) is 0 Å². The molecular formula is C17H28N2. The molecule has 2 nitrogen and oxygen atoms in total. The van der Waals surface area contributed by atoms with Crippen LogP contribution in [0.5, 0.6) is 0 Å². The Hall–Kier alpha value is -0.860. The van der Waals surface area contributed by atoms with Gasteiger partial charge in [0.25, 0.3) is 0 Å². The average Bonchev–Trinajstić information content (AvgIpc) is 2.48. The standard InChI is InChI=1S/C17H28N2/c1-2-9-17(16-10-5-3-6-11-16)18-12-15-19-13-7-4-8-14-19/h3,5-6,10-11,17-18H,2,4,7-9,12-15H2,1H3. The molecule has 1 N–H and O–H groups in total. The van der Waals surface area contributed by atoms with Crippen molar-refractivity contribution in [1.29, 1.82) is 0 Å². The first-order chi connectivity index (χ1) is 9.40. The van der Waals surface area contributed by atoms with Crippen molar-refractivity contribution in [3.63, 3.8) is 0 Å². The second-order valence-electron chi connectivity index (χ2n) is 5.61. The summed E-state index contributed by atoms with van der Waals surface area (Å²) in [6, 6.07) is 11.4. The number of hydrogen-bond acceptors (Lipinski definition) is 2. The molecule has 2 heteroatoms. The number of likely N-dealkylation sites (tertiary alicyclic amines) is 1. The van der Waals surface area contributed by atoms with Crippen molar-refractivity contribution < 1.29 is 0 Å². The van der Waals surface area contributed by atoms with Gasteiger partial charge < -0.3 is 10.2 Å². The first-order valence-electron chi connectivity index (χ1n) is 7.91. The van der Waals surface area contributed by atoms with E-state index in [9.17, 15) is 0 Å². The molecule has 19 heavy (non-hydrogen) atoms. The minimum Gasteiger partial charge on any atom is -0.309 e. The molecule has 1 aliphatic rings. The van der Waals surface area contributed by atoms with Gasteiger partial charge in [0.1, 0.15) is 0 Å². The summed E-state index contributed by atoms with van der Waals surface area (Å²) >= 11 is 0. The maximum Gasteiger partial charge on any atom is 0.0320 e. The zero-order valence-electron chi connectivity index (χ0n) is 12.3. The molecule has 106 valence electrons. The Morgan fingerprint density at radius 2 is 1.84 bits per heavy atom. The van der Waals surface area contributed by atoms with Crippen LogP contribution in [0.2, 0.25) is 0 Å². The zero-order valence-corrected chi connectivity index (χ0v) is 12.3. The van der Waals surface area contributed by atoms with E-state index < -0.39 is 0 Å². The quantitative estimate of drug-likeness (QED) is 0.806. The summed E-state index contributed by atoms with van der Waals surface area (Å²) in [5, 5.41) is 3.74. The van der Waals surface area contributed by atoms with Gasteiger partial charge in [-0.05, 0) is 37.9 Å². The van der Waals surface area contributed by atoms with Crippen molar-refractivity contribution in [2.75, 3.05) is 26.2 Å². The molecule has 1 fully saturated rings. The fourth-order valence-corrected chi connectivity index (χ4v) is 2.94. The van der Waals surface area contributed by atoms with Crippen LogP contribution >= 0.6 is 0 Å². The molecular weight excluding hydrogens is 232 g/mol. The van der Waals surface area contributed by atoms with Gasteiger partial charge >= 0.3 is 0 Å². The molecule has 0 bridgehead atoms. The van der Waals surface area contributed by atoms with E-state index in [0.29, 0.717) is 6.04 Å². The third-order valence-corrected chi connectivity index (χ3v) is 4.05. The fraction of sp³-hybridized carbons (Fsp3) is 0.647. The number of nitrogens with zero attached hydrogens (tertiary/aromatic N) is 1. The molecule has 1 aromatic carbocycles. The summed E-state index contributed by atoms with van der Waals surface area (Å²) < 4.78 is 0. The normalized spacial score (nSPS) is 18.4. The van der Waals surface area contributed by atoms with Gasteiger partial charge in [-0.15, -0.1) is 0 Å². The van der Waals surface area contributed by atoms with Gasteiger partial charge in [-0.2, -0.15) is 0 Å². The largest absolute Gasteiger partial charge is 0.309 e. The summed E-state index contributed by atoms with van der Waals surface area (Å²) in [5.74, 6) is 0. The lowest BCUT2D eigenvalue weighted by Gasteiger charge is -2.27. The molecule has 0 amide bonds. The summed E-state index contributed by atoms with van der Waals surface area (Å²) in [5.41, 5.74) is 1.43. The summed E-state index contributed by atoms with van der Waals surface area (Å²) in [4.78, 5) is 2.60. The maximum atomic E-state index is 3.74. The minimum atomic E-state index is 0.524. The highest BCUT2D eigenvalue weighted by Crippen LogP contribution is 2.17. The van der Waals surface area contributed by atoms with Crippen LogP contribution in [0.1, 0.15) is 50.6 Å². The third-order valence-electron chi connectivity index (χ3n) is 4.05. The zero-order chi connectivity index (χ0) is 13.3. The van der Waals surface area contributed by atoms with Gasteiger partial charge in [-0.1, -0.05) is 50.1 Å². The monoisotopic (exact) mass is 260 g/mol. The smallest absolute Gasteiger partial charge is 0.0320 e. The molecule has 0 radical (unpaired) electrons. The second kappa shape index (κ2) is 8.34. The number of hydrogen-bond donors (Lipinski definition) is 1. The van der Waals surface area contributed by atoms with Crippen LogP contribution in [0.3, 0.4) is 0 Å². The van der Waals surface area contributed by atoms with Gasteiger partial charge in [0.2, 0.25) is 0 Å². The van der Waals surface area contributed by atoms with Crippen molar-refractivity contribution >= 4 is 0 Å². The topological polar surface area (TPSA) is 15.3 Å². The Bertz CT molecular complexity index is 330. The molecule has 0 aliphatic carbocycles. The van der Waals surface area contributed by atoms with Gasteiger partial charge in [0.15, 0.2) is 0 Å². The van der Waals surface area contributed by atoms with Gasteiger partial charge in [-0.3, -0.25) is 0 Å². The molecule has 0 aromatic heterocycles. The molecule has 1 aromatic rings. The molecule has 1 saturated heterocycles. The predicted molar refractivity (Wildman–Crippen MR) is 82.4 cm³/mol. The van der Waals surface area contributed by atoms with E-state index in [1.54, 1.807) is 0 Å². The van der Waals surface area contributed by atoms with Crippen LogP contribution in [-0.2, 0) is 0 Å². The summed E-state index contributed by atoms with van der Waals surface area (Å²) in [6.45, 7) is 7.17. The third kappa shape index (κ3) is 4.96. The highest BCUT2D eigenvalue weighted by Gasteiger charge is 2.12. The van der Waals surface area contributed by atoms with Crippen LogP contribution in [0.15, 0.2) is 30.3 Å². The fourth-order valence-electron chi connectivity index (χ4n) is 2.94. The number of benzene rings is 1. The first-order valence-corrected chi connectivity index (χ1v) is 7.91. The van der Waals surface area contributed by atoms with Crippen molar-refractivity contribution in [2.24, 2.45) is 0 Å². The lowest BCUT2D eigenvalue weighted by molar-refractivity contribution is 0.225. The molecule has 1 unspecified atom stereocenters. The van der Waals surface area contributed by atoms with E-state index in [2.05, 4.69) is 47.5 Å². The number of nitrogens with one attached hydrogen (secondary N) is 1. The Balaban J connectivity index is 1.77. The highest BCUT2D eigenvalue weighted by molar-refractivity contribution is 5.18. The Morgan fingerprint density at radius 3 is 2.53 bits per heavy atom. The lowest BCUT2D eigenvalue weighted by atomic mass is 10.0. The van der Waals surface area contributed by atoms with Crippen LogP contribution in [0, 0.1) is 0 Å². The maximum absolute atomic E-state index is 3.74. The van der Waals surface area contributed by atoms with Crippen molar-refractivity contribution in [3.05, 3.63) is 35.9 Å². The van der Waals surface area contributed by atoms with Gasteiger partial charge in [0.05, 0.1) is 0 Å². The van der Waals surface area contributed by atoms with Crippen molar-refractivity contribution in [3.8, 4) is 0 Å². The Labute approximate surface area is 118 Å². The van der Waals surface area contributed by atoms with E-state index in [1.165, 1.54) is 57.3 Å². The number of rotatable bonds is 7. The minimum absolute atomic E-state index is 0.524. The van der Waals surface area contributed by atoms with E-state index in [0.717, 1.165) is 6.54 Å². The SMILES string of the molecule is CCCC(NCCN1CCCCC1)c1ccccc1. The Morgan fingerprint density at radius 1 is 1.11 bits per heavy atom. The van der Waals surface area contributed by atoms with Crippen LogP contribution in [0.4, 0.5) is 0 Å². The van der Waals surface area contributed by atoms with E-state index in [4.69, 9.17) is 0 Å². The first kappa shape index (κ1) is 14.5. The van der Waals surface area contributed by atoms with Crippen LogP contribution in [0.25, 0.3) is 0 Å². The highest BCUT2D eigenvalue weighted by atomic mass is 15.1. The summed E-state index contributed by atoms with van der Waals surface area (Å²) in [7, 11) is 0. The van der Waals surface area contributed by atoms with Crippen molar-refractivity contribution in [2.45, 2.75) is 45.1 Å². The molecule has 0 saturated carbocycles. The molecule has 0 spiro atoms. The molecule has 1 atom stereocenters. The molecule has 2 rings (SSSR count). The van der Waals surface area contributed by atoms with Gasteiger partial charge in [0, 0.05) is 19.1 Å². The number of piperidine rings is 1. The van der Waals surface area contributed by atoms with Crippen molar-refractivity contribution in [1.82, 2.24) is 10.2 Å². The van der Waals surface area contributed by atoms with Gasteiger partial charge in [-0.25, -0.2) is 0 Å². The van der Waals surface area contributed by atoms with E-state index in [-0.39, 0.29) is 0 Å². The molecule has 1 aliphatic heterocycles. The predicted octanol–water partition coefficient (Wildman–Crippen LogP) is 3.60. The summed E-state index contributed by atoms with van der Waals surface area (Å²) in [6.07, 6.45) is 6.65. The van der Waals surface area contributed by atoms with Crippen LogP contribution < -0.4 is 5.32 Å². The Kier molecular flexibility index (Phi) is 6.38.